The minimum absolute atomic E-state index is 0.562. The van der Waals surface area contributed by atoms with Gasteiger partial charge in [0.25, 0.3) is 0 Å². The fourth-order valence-electron chi connectivity index (χ4n) is 3.54. The number of hydrogen-bond donors (Lipinski definition) is 1. The van der Waals surface area contributed by atoms with E-state index in [4.69, 9.17) is 9.47 Å². The van der Waals surface area contributed by atoms with Gasteiger partial charge in [0.2, 0.25) is 0 Å². The molecule has 0 saturated carbocycles. The van der Waals surface area contributed by atoms with Crippen molar-refractivity contribution in [2.24, 2.45) is 0 Å². The summed E-state index contributed by atoms with van der Waals surface area (Å²) < 4.78 is 10.9. The molecule has 1 aliphatic rings. The number of ether oxygens (including phenoxy) is 2. The fraction of sp³-hybridized carbons (Fsp3) is 0.524. The smallest absolute Gasteiger partial charge is 0.134 e. The van der Waals surface area contributed by atoms with Crippen molar-refractivity contribution in [3.63, 3.8) is 0 Å². The lowest BCUT2D eigenvalue weighted by Gasteiger charge is -2.36. The van der Waals surface area contributed by atoms with Crippen molar-refractivity contribution in [3.05, 3.63) is 36.2 Å². The van der Waals surface area contributed by atoms with E-state index < -0.39 is 0 Å². The highest BCUT2D eigenvalue weighted by Gasteiger charge is 2.22. The molecule has 1 unspecified atom stereocenters. The van der Waals surface area contributed by atoms with Crippen molar-refractivity contribution in [3.8, 4) is 11.5 Å². The van der Waals surface area contributed by atoms with Crippen LogP contribution in [0.2, 0.25) is 0 Å². The van der Waals surface area contributed by atoms with Gasteiger partial charge in [-0.05, 0) is 56.9 Å². The van der Waals surface area contributed by atoms with Gasteiger partial charge < -0.3 is 19.7 Å². The number of nitrogens with zero attached hydrogens (tertiary/aromatic N) is 3. The van der Waals surface area contributed by atoms with E-state index in [1.807, 2.05) is 31.2 Å². The second kappa shape index (κ2) is 9.44. The Bertz CT molecular complexity index is 721. The predicted molar refractivity (Wildman–Crippen MR) is 109 cm³/mol. The molecule has 1 N–H and O–H groups in total. The quantitative estimate of drug-likeness (QED) is 0.707. The number of anilines is 2. The van der Waals surface area contributed by atoms with E-state index in [2.05, 4.69) is 33.2 Å². The second-order valence-electron chi connectivity index (χ2n) is 6.86. The number of methoxy groups -OCH3 is 1. The van der Waals surface area contributed by atoms with Gasteiger partial charge in [-0.25, -0.2) is 9.97 Å². The normalized spacial score (nSPS) is 16.9. The lowest BCUT2D eigenvalue weighted by molar-refractivity contribution is 0.331. The first-order valence-electron chi connectivity index (χ1n) is 9.82. The number of rotatable bonds is 8. The largest absolute Gasteiger partial charge is 0.497 e. The Balaban J connectivity index is 1.56. The standard InChI is InChI=1S/C21H30N4O2/c1-4-17-7-5-6-13-25(17)21-15-20(23-16(2)24-21)22-12-14-27-19-10-8-18(26-3)9-11-19/h8-11,15,17H,4-7,12-14H2,1-3H3,(H,22,23,24). The molecule has 27 heavy (non-hydrogen) atoms. The Morgan fingerprint density at radius 2 is 1.93 bits per heavy atom. The van der Waals surface area contributed by atoms with Gasteiger partial charge in [0.05, 0.1) is 13.7 Å². The summed E-state index contributed by atoms with van der Waals surface area (Å²) in [6.45, 7) is 6.53. The summed E-state index contributed by atoms with van der Waals surface area (Å²) in [6.07, 6.45) is 4.95. The molecule has 2 heterocycles. The topological polar surface area (TPSA) is 59.5 Å². The lowest BCUT2D eigenvalue weighted by Crippen LogP contribution is -2.39. The summed E-state index contributed by atoms with van der Waals surface area (Å²) in [5.41, 5.74) is 0. The van der Waals surface area contributed by atoms with Crippen LogP contribution in [-0.2, 0) is 0 Å². The molecule has 1 saturated heterocycles. The van der Waals surface area contributed by atoms with Crippen molar-refractivity contribution in [2.75, 3.05) is 37.0 Å². The van der Waals surface area contributed by atoms with Crippen molar-refractivity contribution < 1.29 is 9.47 Å². The van der Waals surface area contributed by atoms with E-state index in [1.54, 1.807) is 7.11 Å². The monoisotopic (exact) mass is 370 g/mol. The molecule has 146 valence electrons. The third kappa shape index (κ3) is 5.25. The van der Waals surface area contributed by atoms with Crippen molar-refractivity contribution in [1.82, 2.24) is 9.97 Å². The first-order chi connectivity index (χ1) is 13.2. The molecule has 6 heteroatoms. The van der Waals surface area contributed by atoms with E-state index in [9.17, 15) is 0 Å². The van der Waals surface area contributed by atoms with Crippen molar-refractivity contribution in [1.29, 1.82) is 0 Å². The van der Waals surface area contributed by atoms with E-state index in [0.717, 1.165) is 41.9 Å². The van der Waals surface area contributed by atoms with Crippen LogP contribution in [0, 0.1) is 6.92 Å². The van der Waals surface area contributed by atoms with Crippen molar-refractivity contribution >= 4 is 11.6 Å². The summed E-state index contributed by atoms with van der Waals surface area (Å²) in [5.74, 6) is 4.35. The molecule has 3 rings (SSSR count). The third-order valence-corrected chi connectivity index (χ3v) is 4.95. The molecule has 1 fully saturated rings. The summed E-state index contributed by atoms with van der Waals surface area (Å²) in [7, 11) is 1.66. The SMILES string of the molecule is CCC1CCCCN1c1cc(NCCOc2ccc(OC)cc2)nc(C)n1. The summed E-state index contributed by atoms with van der Waals surface area (Å²) >= 11 is 0. The van der Waals surface area contributed by atoms with Gasteiger partial charge in [-0.2, -0.15) is 0 Å². The highest BCUT2D eigenvalue weighted by Crippen LogP contribution is 2.26. The van der Waals surface area contributed by atoms with Gasteiger partial charge in [0.15, 0.2) is 0 Å². The number of benzene rings is 1. The first kappa shape index (κ1) is 19.3. The van der Waals surface area contributed by atoms with Crippen LogP contribution in [0.15, 0.2) is 30.3 Å². The van der Waals surface area contributed by atoms with E-state index >= 15 is 0 Å². The van der Waals surface area contributed by atoms with E-state index in [1.165, 1.54) is 19.3 Å². The van der Waals surface area contributed by atoms with Gasteiger partial charge in [0.1, 0.15) is 35.6 Å². The van der Waals surface area contributed by atoms with Crippen LogP contribution < -0.4 is 19.7 Å². The van der Waals surface area contributed by atoms with Gasteiger partial charge in [0, 0.05) is 18.7 Å². The van der Waals surface area contributed by atoms with Gasteiger partial charge in [-0.15, -0.1) is 0 Å². The Morgan fingerprint density at radius 3 is 2.67 bits per heavy atom. The minimum atomic E-state index is 0.562. The summed E-state index contributed by atoms with van der Waals surface area (Å²) in [6, 6.07) is 10.3. The van der Waals surface area contributed by atoms with Crippen LogP contribution in [0.1, 0.15) is 38.4 Å². The zero-order valence-corrected chi connectivity index (χ0v) is 16.6. The van der Waals surface area contributed by atoms with E-state index in [0.29, 0.717) is 19.2 Å². The van der Waals surface area contributed by atoms with E-state index in [-0.39, 0.29) is 0 Å². The van der Waals surface area contributed by atoms with Crippen LogP contribution in [0.3, 0.4) is 0 Å². The maximum absolute atomic E-state index is 5.77. The maximum atomic E-state index is 5.77. The molecule has 1 aromatic carbocycles. The summed E-state index contributed by atoms with van der Waals surface area (Å²) in [4.78, 5) is 11.6. The van der Waals surface area contributed by atoms with Crippen LogP contribution in [-0.4, -0.2) is 42.8 Å². The zero-order valence-electron chi connectivity index (χ0n) is 16.6. The number of nitrogens with one attached hydrogen (secondary N) is 1. The Labute approximate surface area is 161 Å². The molecule has 0 aliphatic carbocycles. The molecule has 1 atom stereocenters. The molecule has 0 radical (unpaired) electrons. The number of aryl methyl sites for hydroxylation is 1. The highest BCUT2D eigenvalue weighted by atomic mass is 16.5. The molecule has 1 aliphatic heterocycles. The Kier molecular flexibility index (Phi) is 6.74. The summed E-state index contributed by atoms with van der Waals surface area (Å²) in [5, 5.41) is 3.36. The zero-order chi connectivity index (χ0) is 19.1. The third-order valence-electron chi connectivity index (χ3n) is 4.95. The minimum Gasteiger partial charge on any atom is -0.497 e. The molecular weight excluding hydrogens is 340 g/mol. The van der Waals surface area contributed by atoms with Crippen LogP contribution in [0.4, 0.5) is 11.6 Å². The van der Waals surface area contributed by atoms with Gasteiger partial charge in [-0.3, -0.25) is 0 Å². The number of aromatic nitrogens is 2. The average Bonchev–Trinajstić information content (AvgIpc) is 2.71. The number of hydrogen-bond acceptors (Lipinski definition) is 6. The Hall–Kier alpha value is -2.50. The highest BCUT2D eigenvalue weighted by molar-refractivity contribution is 5.50. The predicted octanol–water partition coefficient (Wildman–Crippen LogP) is 4.05. The Morgan fingerprint density at radius 1 is 1.15 bits per heavy atom. The van der Waals surface area contributed by atoms with Crippen molar-refractivity contribution in [2.45, 2.75) is 45.6 Å². The van der Waals surface area contributed by atoms with Crippen LogP contribution in [0.5, 0.6) is 11.5 Å². The van der Waals surface area contributed by atoms with Gasteiger partial charge in [-0.1, -0.05) is 6.92 Å². The van der Waals surface area contributed by atoms with Crippen LogP contribution >= 0.6 is 0 Å². The molecule has 1 aromatic heterocycles. The second-order valence-corrected chi connectivity index (χ2v) is 6.86. The molecule has 6 nitrogen and oxygen atoms in total. The lowest BCUT2D eigenvalue weighted by atomic mass is 10.00. The molecule has 0 bridgehead atoms. The first-order valence-corrected chi connectivity index (χ1v) is 9.82. The maximum Gasteiger partial charge on any atom is 0.134 e. The molecular formula is C21H30N4O2. The average molecular weight is 370 g/mol. The number of piperidine rings is 1. The molecule has 0 amide bonds. The van der Waals surface area contributed by atoms with Gasteiger partial charge >= 0.3 is 0 Å². The molecule has 2 aromatic rings. The van der Waals surface area contributed by atoms with Crippen LogP contribution in [0.25, 0.3) is 0 Å². The fourth-order valence-corrected chi connectivity index (χ4v) is 3.54. The molecule has 0 spiro atoms.